The van der Waals surface area contributed by atoms with E-state index in [0.29, 0.717) is 17.2 Å². The van der Waals surface area contributed by atoms with Crippen molar-refractivity contribution in [2.45, 2.75) is 37.3 Å². The molecule has 1 unspecified atom stereocenters. The molecule has 11 heteroatoms. The molecule has 1 aromatic rings. The van der Waals surface area contributed by atoms with E-state index in [1.165, 1.54) is 11.3 Å². The summed E-state index contributed by atoms with van der Waals surface area (Å²) in [5.74, 6) is 0.709. The first-order valence-electron chi connectivity index (χ1n) is 9.19. The molecule has 1 aliphatic heterocycles. The van der Waals surface area contributed by atoms with Gasteiger partial charge in [0.05, 0.1) is 6.54 Å². The highest BCUT2D eigenvalue weighted by Crippen LogP contribution is 2.20. The quantitative estimate of drug-likeness (QED) is 0.199. The second-order valence-corrected chi connectivity index (χ2v) is 9.90. The van der Waals surface area contributed by atoms with Gasteiger partial charge in [-0.3, -0.25) is 9.79 Å². The Morgan fingerprint density at radius 3 is 2.79 bits per heavy atom. The molecule has 1 atom stereocenters. The van der Waals surface area contributed by atoms with Gasteiger partial charge in [0.1, 0.15) is 4.21 Å². The molecule has 2 heterocycles. The molecule has 4 N–H and O–H groups in total. The lowest BCUT2D eigenvalue weighted by Crippen LogP contribution is -2.47. The number of nitrogens with two attached hydrogens (primary N) is 1. The number of aryl methyl sites for hydroxylation is 1. The third-order valence-corrected chi connectivity index (χ3v) is 7.24. The van der Waals surface area contributed by atoms with Crippen LogP contribution in [0.1, 0.15) is 31.1 Å². The fourth-order valence-corrected chi connectivity index (χ4v) is 5.45. The van der Waals surface area contributed by atoms with Crippen molar-refractivity contribution in [3.63, 3.8) is 0 Å². The number of nitrogens with one attached hydrogen (secondary N) is 2. The number of hydrogen-bond acceptors (Lipinski definition) is 5. The van der Waals surface area contributed by atoms with Gasteiger partial charge in [-0.2, -0.15) is 0 Å². The number of nitrogens with zero attached hydrogens (tertiary/aromatic N) is 2. The number of halogens is 1. The van der Waals surface area contributed by atoms with Crippen molar-refractivity contribution in [3.8, 4) is 0 Å². The number of carbonyl (C=O) groups is 1. The molecular weight excluding hydrogens is 513 g/mol. The van der Waals surface area contributed by atoms with Crippen LogP contribution in [0.4, 0.5) is 0 Å². The third kappa shape index (κ3) is 7.84. The number of amides is 1. The van der Waals surface area contributed by atoms with Gasteiger partial charge in [-0.05, 0) is 44.7 Å². The molecule has 8 nitrogen and oxygen atoms in total. The smallest absolute Gasteiger partial charge is 0.250 e. The van der Waals surface area contributed by atoms with Crippen molar-refractivity contribution in [2.24, 2.45) is 16.6 Å². The van der Waals surface area contributed by atoms with Crippen molar-refractivity contribution in [1.82, 2.24) is 14.9 Å². The van der Waals surface area contributed by atoms with Gasteiger partial charge in [-0.1, -0.05) is 0 Å². The van der Waals surface area contributed by atoms with Crippen LogP contribution in [-0.2, 0) is 14.8 Å². The molecule has 160 valence electrons. The van der Waals surface area contributed by atoms with Gasteiger partial charge in [0.25, 0.3) is 0 Å². The number of sulfonamides is 1. The lowest BCUT2D eigenvalue weighted by Gasteiger charge is -2.34. The summed E-state index contributed by atoms with van der Waals surface area (Å²) in [7, 11) is -3.48. The maximum Gasteiger partial charge on any atom is 0.250 e. The van der Waals surface area contributed by atoms with Crippen molar-refractivity contribution >= 4 is 57.2 Å². The highest BCUT2D eigenvalue weighted by molar-refractivity contribution is 14.0. The number of primary amides is 1. The first kappa shape index (κ1) is 25.1. The summed E-state index contributed by atoms with van der Waals surface area (Å²) in [5, 5.41) is 3.24. The van der Waals surface area contributed by atoms with Gasteiger partial charge < -0.3 is 16.0 Å². The highest BCUT2D eigenvalue weighted by atomic mass is 127. The molecule has 28 heavy (non-hydrogen) atoms. The van der Waals surface area contributed by atoms with E-state index in [1.54, 1.807) is 12.1 Å². The number of thiophene rings is 1. The first-order chi connectivity index (χ1) is 12.8. The van der Waals surface area contributed by atoms with Crippen LogP contribution in [0.3, 0.4) is 0 Å². The minimum absolute atomic E-state index is 0. The van der Waals surface area contributed by atoms with Crippen LogP contribution in [-0.4, -0.2) is 57.9 Å². The van der Waals surface area contributed by atoms with Crippen LogP contribution < -0.4 is 15.8 Å². The summed E-state index contributed by atoms with van der Waals surface area (Å²) in [6.45, 7) is 6.74. The molecule has 1 amide bonds. The maximum absolute atomic E-state index is 12.2. The molecule has 0 radical (unpaired) electrons. The van der Waals surface area contributed by atoms with E-state index < -0.39 is 10.0 Å². The Morgan fingerprint density at radius 2 is 2.18 bits per heavy atom. The van der Waals surface area contributed by atoms with Crippen LogP contribution >= 0.6 is 35.3 Å². The fraction of sp³-hybridized carbons (Fsp3) is 0.647. The Bertz CT molecular complexity index is 767. The minimum Gasteiger partial charge on any atom is -0.370 e. The number of aliphatic imine (C=N–C) groups is 1. The predicted molar refractivity (Wildman–Crippen MR) is 124 cm³/mol. The van der Waals surface area contributed by atoms with E-state index in [2.05, 4.69) is 19.9 Å². The Labute approximate surface area is 188 Å². The van der Waals surface area contributed by atoms with Crippen LogP contribution in [0, 0.1) is 12.8 Å². The summed E-state index contributed by atoms with van der Waals surface area (Å²) in [5.41, 5.74) is 5.32. The van der Waals surface area contributed by atoms with Crippen molar-refractivity contribution in [1.29, 1.82) is 0 Å². The topological polar surface area (TPSA) is 117 Å². The zero-order chi connectivity index (χ0) is 19.9. The Hall–Kier alpha value is -0.920. The van der Waals surface area contributed by atoms with Gasteiger partial charge in [-0.15, -0.1) is 35.3 Å². The van der Waals surface area contributed by atoms with Gasteiger partial charge >= 0.3 is 0 Å². The molecule has 0 aromatic carbocycles. The van der Waals surface area contributed by atoms with E-state index in [1.807, 2.05) is 13.8 Å². The number of likely N-dealkylation sites (tertiary alicyclic amines) is 1. The lowest BCUT2D eigenvalue weighted by atomic mass is 9.95. The van der Waals surface area contributed by atoms with Crippen LogP contribution in [0.25, 0.3) is 0 Å². The molecule has 1 aromatic heterocycles. The molecule has 2 rings (SSSR count). The monoisotopic (exact) mass is 543 g/mol. The number of rotatable bonds is 8. The zero-order valence-corrected chi connectivity index (χ0v) is 20.3. The van der Waals surface area contributed by atoms with E-state index in [9.17, 15) is 13.2 Å². The Balaban J connectivity index is 0.00000392. The largest absolute Gasteiger partial charge is 0.370 e. The van der Waals surface area contributed by atoms with Gasteiger partial charge in [0.15, 0.2) is 5.96 Å². The summed E-state index contributed by atoms with van der Waals surface area (Å²) >= 11 is 1.25. The Morgan fingerprint density at radius 1 is 1.43 bits per heavy atom. The van der Waals surface area contributed by atoms with Crippen LogP contribution in [0.5, 0.6) is 0 Å². The van der Waals surface area contributed by atoms with E-state index >= 15 is 0 Å². The summed E-state index contributed by atoms with van der Waals surface area (Å²) in [4.78, 5) is 18.8. The van der Waals surface area contributed by atoms with Crippen molar-refractivity contribution < 1.29 is 13.2 Å². The molecule has 0 aliphatic carbocycles. The van der Waals surface area contributed by atoms with Crippen LogP contribution in [0.2, 0.25) is 0 Å². The number of guanidine groups is 1. The molecular formula is C17H30IN5O3S2. The molecule has 0 bridgehead atoms. The molecule has 1 saturated heterocycles. The molecule has 1 fully saturated rings. The van der Waals surface area contributed by atoms with Crippen molar-refractivity contribution in [3.05, 3.63) is 17.0 Å². The van der Waals surface area contributed by atoms with E-state index in [0.717, 1.165) is 43.3 Å². The van der Waals surface area contributed by atoms with Gasteiger partial charge in [-0.25, -0.2) is 13.1 Å². The van der Waals surface area contributed by atoms with Gasteiger partial charge in [0, 0.05) is 37.5 Å². The number of carbonyl (C=O) groups excluding carboxylic acids is 1. The second-order valence-electron chi connectivity index (χ2n) is 6.62. The molecule has 0 spiro atoms. The second kappa shape index (κ2) is 11.9. The van der Waals surface area contributed by atoms with Crippen LogP contribution in [0.15, 0.2) is 21.3 Å². The van der Waals surface area contributed by atoms with Crippen molar-refractivity contribution in [2.75, 3.05) is 32.7 Å². The average molecular weight is 543 g/mol. The lowest BCUT2D eigenvalue weighted by molar-refractivity contribution is -0.119. The maximum atomic E-state index is 12.2. The average Bonchev–Trinajstić information content (AvgIpc) is 3.05. The summed E-state index contributed by atoms with van der Waals surface area (Å²) in [6, 6.07) is 3.40. The summed E-state index contributed by atoms with van der Waals surface area (Å²) < 4.78 is 27.4. The number of piperidine rings is 1. The highest BCUT2D eigenvalue weighted by Gasteiger charge is 2.23. The minimum atomic E-state index is -3.48. The predicted octanol–water partition coefficient (Wildman–Crippen LogP) is 1.51. The molecule has 0 saturated carbocycles. The number of hydrogen-bond donors (Lipinski definition) is 3. The third-order valence-electron chi connectivity index (χ3n) is 4.29. The van der Waals surface area contributed by atoms with E-state index in [4.69, 9.17) is 5.73 Å². The fourth-order valence-electron chi connectivity index (χ4n) is 3.10. The first-order valence-corrected chi connectivity index (χ1v) is 11.5. The van der Waals surface area contributed by atoms with Gasteiger partial charge in [0.2, 0.25) is 15.9 Å². The zero-order valence-electron chi connectivity index (χ0n) is 16.3. The normalized spacial score (nSPS) is 17.9. The Kier molecular flexibility index (Phi) is 10.7. The molecule has 1 aliphatic rings. The van der Waals surface area contributed by atoms with E-state index in [-0.39, 0.29) is 42.3 Å². The SMILES string of the molecule is CCNC(=NCCNS(=O)(=O)c1ccc(C)s1)N1CCCC(CC(N)=O)C1.I. The summed E-state index contributed by atoms with van der Waals surface area (Å²) in [6.07, 6.45) is 2.35. The standard InChI is InChI=1S/C17H29N5O3S2.HI/c1-3-19-17(22-10-4-5-14(12-22)11-15(18)23)20-8-9-21-27(24,25)16-7-6-13(2)26-16;/h6-7,14,21H,3-5,8-12H2,1-2H3,(H2,18,23)(H,19,20);1H.